The third-order valence-electron chi connectivity index (χ3n) is 2.31. The monoisotopic (exact) mass is 280 g/mol. The number of carbonyl (C=O) groups is 1. The fourth-order valence-electron chi connectivity index (χ4n) is 1.49. The van der Waals surface area contributed by atoms with Gasteiger partial charge in [-0.3, -0.25) is 9.78 Å². The van der Waals surface area contributed by atoms with Crippen LogP contribution in [0.5, 0.6) is 0 Å². The molecule has 0 radical (unpaired) electrons. The minimum Gasteiger partial charge on any atom is -0.323 e. The number of hydrogen-bond acceptors (Lipinski definition) is 2. The number of halogens is 2. The standard InChI is InChI=1S/C13H10Cl2N2O/c14-10-4-1-5-11(15)13(10)17-12(18)7-9-3-2-6-16-8-9/h1-6,8H,7H2,(H,17,18). The van der Waals surface area contributed by atoms with Gasteiger partial charge in [-0.25, -0.2) is 0 Å². The number of benzene rings is 1. The van der Waals surface area contributed by atoms with Crippen molar-refractivity contribution in [3.63, 3.8) is 0 Å². The van der Waals surface area contributed by atoms with Crippen LogP contribution < -0.4 is 5.32 Å². The van der Waals surface area contributed by atoms with Crippen molar-refractivity contribution in [1.29, 1.82) is 0 Å². The van der Waals surface area contributed by atoms with Crippen LogP contribution in [-0.4, -0.2) is 10.9 Å². The summed E-state index contributed by atoms with van der Waals surface area (Å²) in [5.74, 6) is -0.182. The summed E-state index contributed by atoms with van der Waals surface area (Å²) in [7, 11) is 0. The molecule has 0 aliphatic carbocycles. The highest BCUT2D eigenvalue weighted by molar-refractivity contribution is 6.39. The number of aromatic nitrogens is 1. The molecule has 0 fully saturated rings. The predicted molar refractivity (Wildman–Crippen MR) is 73.0 cm³/mol. The summed E-state index contributed by atoms with van der Waals surface area (Å²) >= 11 is 11.9. The van der Waals surface area contributed by atoms with Crippen molar-refractivity contribution in [1.82, 2.24) is 4.98 Å². The molecule has 2 aromatic rings. The van der Waals surface area contributed by atoms with Gasteiger partial charge in [-0.15, -0.1) is 0 Å². The molecule has 0 saturated carbocycles. The molecule has 0 atom stereocenters. The number of amides is 1. The Bertz CT molecular complexity index is 538. The van der Waals surface area contributed by atoms with Crippen LogP contribution in [0.3, 0.4) is 0 Å². The Labute approximate surface area is 115 Å². The Hall–Kier alpha value is -1.58. The molecule has 92 valence electrons. The van der Waals surface area contributed by atoms with Gasteiger partial charge in [0.2, 0.25) is 5.91 Å². The van der Waals surface area contributed by atoms with Crippen LogP contribution in [0.2, 0.25) is 10.0 Å². The second-order valence-electron chi connectivity index (χ2n) is 3.68. The molecule has 1 heterocycles. The van der Waals surface area contributed by atoms with Crippen LogP contribution in [0, 0.1) is 0 Å². The van der Waals surface area contributed by atoms with Gasteiger partial charge in [0.25, 0.3) is 0 Å². The zero-order valence-electron chi connectivity index (χ0n) is 9.36. The zero-order valence-corrected chi connectivity index (χ0v) is 10.9. The predicted octanol–water partition coefficient (Wildman–Crippen LogP) is 3.57. The van der Waals surface area contributed by atoms with E-state index in [1.54, 1.807) is 36.7 Å². The van der Waals surface area contributed by atoms with Crippen molar-refractivity contribution in [2.24, 2.45) is 0 Å². The van der Waals surface area contributed by atoms with Crippen LogP contribution in [0.15, 0.2) is 42.7 Å². The molecular formula is C13H10Cl2N2O. The molecular weight excluding hydrogens is 271 g/mol. The van der Waals surface area contributed by atoms with Crippen molar-refractivity contribution < 1.29 is 4.79 Å². The number of anilines is 1. The first-order chi connectivity index (χ1) is 8.66. The van der Waals surface area contributed by atoms with Crippen LogP contribution in [0.4, 0.5) is 5.69 Å². The largest absolute Gasteiger partial charge is 0.323 e. The molecule has 0 unspecified atom stereocenters. The summed E-state index contributed by atoms with van der Waals surface area (Å²) in [6.45, 7) is 0. The van der Waals surface area contributed by atoms with E-state index in [9.17, 15) is 4.79 Å². The fourth-order valence-corrected chi connectivity index (χ4v) is 1.98. The highest BCUT2D eigenvalue weighted by Crippen LogP contribution is 2.29. The lowest BCUT2D eigenvalue weighted by atomic mass is 10.2. The molecule has 2 rings (SSSR count). The fraction of sp³-hybridized carbons (Fsp3) is 0.0769. The molecule has 0 spiro atoms. The Balaban J connectivity index is 2.08. The highest BCUT2D eigenvalue weighted by atomic mass is 35.5. The van der Waals surface area contributed by atoms with Crippen molar-refractivity contribution in [2.45, 2.75) is 6.42 Å². The molecule has 0 bridgehead atoms. The number of rotatable bonds is 3. The Morgan fingerprint density at radius 2 is 1.89 bits per heavy atom. The molecule has 1 N–H and O–H groups in total. The smallest absolute Gasteiger partial charge is 0.228 e. The Morgan fingerprint density at radius 1 is 1.17 bits per heavy atom. The van der Waals surface area contributed by atoms with E-state index < -0.39 is 0 Å². The minimum atomic E-state index is -0.182. The van der Waals surface area contributed by atoms with Crippen LogP contribution >= 0.6 is 23.2 Å². The molecule has 3 nitrogen and oxygen atoms in total. The first-order valence-electron chi connectivity index (χ1n) is 5.29. The summed E-state index contributed by atoms with van der Waals surface area (Å²) in [6.07, 6.45) is 3.54. The van der Waals surface area contributed by atoms with Gasteiger partial charge >= 0.3 is 0 Å². The van der Waals surface area contributed by atoms with E-state index in [1.807, 2.05) is 6.07 Å². The maximum atomic E-state index is 11.8. The molecule has 18 heavy (non-hydrogen) atoms. The molecule has 0 saturated heterocycles. The molecule has 1 amide bonds. The number of hydrogen-bond donors (Lipinski definition) is 1. The van der Waals surface area contributed by atoms with Crippen molar-refractivity contribution in [3.05, 3.63) is 58.3 Å². The van der Waals surface area contributed by atoms with Gasteiger partial charge in [0.15, 0.2) is 0 Å². The summed E-state index contributed by atoms with van der Waals surface area (Å²) in [5, 5.41) is 3.53. The quantitative estimate of drug-likeness (QED) is 0.934. The van der Waals surface area contributed by atoms with Gasteiger partial charge in [0.05, 0.1) is 22.2 Å². The van der Waals surface area contributed by atoms with E-state index in [1.165, 1.54) is 0 Å². The molecule has 0 aliphatic heterocycles. The van der Waals surface area contributed by atoms with Gasteiger partial charge in [-0.05, 0) is 23.8 Å². The summed E-state index contributed by atoms with van der Waals surface area (Å²) in [6, 6.07) is 8.69. The van der Waals surface area contributed by atoms with E-state index in [4.69, 9.17) is 23.2 Å². The highest BCUT2D eigenvalue weighted by Gasteiger charge is 2.09. The van der Waals surface area contributed by atoms with Crippen molar-refractivity contribution >= 4 is 34.8 Å². The SMILES string of the molecule is O=C(Cc1cccnc1)Nc1c(Cl)cccc1Cl. The van der Waals surface area contributed by atoms with Gasteiger partial charge in [-0.1, -0.05) is 35.3 Å². The Kier molecular flexibility index (Phi) is 4.18. The maximum Gasteiger partial charge on any atom is 0.228 e. The van der Waals surface area contributed by atoms with Crippen LogP contribution in [-0.2, 0) is 11.2 Å². The van der Waals surface area contributed by atoms with Gasteiger partial charge in [0.1, 0.15) is 0 Å². The first kappa shape index (κ1) is 12.9. The maximum absolute atomic E-state index is 11.8. The number of nitrogens with one attached hydrogen (secondary N) is 1. The average Bonchev–Trinajstić information content (AvgIpc) is 2.35. The lowest BCUT2D eigenvalue weighted by Gasteiger charge is -2.08. The number of carbonyl (C=O) groups excluding carboxylic acids is 1. The normalized spacial score (nSPS) is 10.1. The minimum absolute atomic E-state index is 0.182. The molecule has 1 aromatic heterocycles. The van der Waals surface area contributed by atoms with E-state index >= 15 is 0 Å². The van der Waals surface area contributed by atoms with E-state index in [0.717, 1.165) is 5.56 Å². The Morgan fingerprint density at radius 3 is 2.50 bits per heavy atom. The zero-order chi connectivity index (χ0) is 13.0. The lowest BCUT2D eigenvalue weighted by molar-refractivity contribution is -0.115. The van der Waals surface area contributed by atoms with Crippen LogP contribution in [0.25, 0.3) is 0 Å². The third kappa shape index (κ3) is 3.22. The summed E-state index contributed by atoms with van der Waals surface area (Å²) in [5.41, 5.74) is 1.27. The van der Waals surface area contributed by atoms with Gasteiger partial charge < -0.3 is 5.32 Å². The van der Waals surface area contributed by atoms with Gasteiger partial charge in [0, 0.05) is 12.4 Å². The van der Waals surface area contributed by atoms with Gasteiger partial charge in [-0.2, -0.15) is 0 Å². The summed E-state index contributed by atoms with van der Waals surface area (Å²) < 4.78 is 0. The molecule has 5 heteroatoms. The average molecular weight is 281 g/mol. The topological polar surface area (TPSA) is 42.0 Å². The van der Waals surface area contributed by atoms with Crippen molar-refractivity contribution in [3.8, 4) is 0 Å². The van der Waals surface area contributed by atoms with E-state index in [-0.39, 0.29) is 12.3 Å². The number of para-hydroxylation sites is 1. The molecule has 0 aliphatic rings. The third-order valence-corrected chi connectivity index (χ3v) is 2.94. The van der Waals surface area contributed by atoms with Crippen LogP contribution in [0.1, 0.15) is 5.56 Å². The second-order valence-corrected chi connectivity index (χ2v) is 4.50. The van der Waals surface area contributed by atoms with E-state index in [0.29, 0.717) is 15.7 Å². The first-order valence-corrected chi connectivity index (χ1v) is 6.05. The van der Waals surface area contributed by atoms with Crippen molar-refractivity contribution in [2.75, 3.05) is 5.32 Å². The van der Waals surface area contributed by atoms with E-state index in [2.05, 4.69) is 10.3 Å². The summed E-state index contributed by atoms with van der Waals surface area (Å²) in [4.78, 5) is 15.8. The lowest BCUT2D eigenvalue weighted by Crippen LogP contribution is -2.15. The second kappa shape index (κ2) is 5.85. The number of pyridine rings is 1. The molecule has 1 aromatic carbocycles. The number of nitrogens with zero attached hydrogens (tertiary/aromatic N) is 1.